The molecule has 0 aliphatic carbocycles. The molecule has 1 aromatic carbocycles. The van der Waals surface area contributed by atoms with Crippen molar-refractivity contribution >= 4 is 16.9 Å². The van der Waals surface area contributed by atoms with Crippen LogP contribution < -0.4 is 20.9 Å². The number of amides is 1. The third kappa shape index (κ3) is 4.22. The van der Waals surface area contributed by atoms with Crippen molar-refractivity contribution in [1.82, 2.24) is 25.1 Å². The van der Waals surface area contributed by atoms with Gasteiger partial charge in [0.1, 0.15) is 29.0 Å². The summed E-state index contributed by atoms with van der Waals surface area (Å²) in [6.45, 7) is 5.14. The predicted molar refractivity (Wildman–Crippen MR) is 124 cm³/mol. The van der Waals surface area contributed by atoms with E-state index in [0.717, 1.165) is 31.7 Å². The summed E-state index contributed by atoms with van der Waals surface area (Å²) in [5.74, 6) is -0.946. The van der Waals surface area contributed by atoms with Gasteiger partial charge in [0.25, 0.3) is 11.5 Å². The number of benzene rings is 1. The van der Waals surface area contributed by atoms with E-state index in [1.165, 1.54) is 16.7 Å². The fourth-order valence-electron chi connectivity index (χ4n) is 4.52. The molecule has 2 aromatic heterocycles. The molecule has 3 N–H and O–H groups in total. The number of piperazine rings is 1. The van der Waals surface area contributed by atoms with E-state index in [1.54, 1.807) is 18.3 Å². The van der Waals surface area contributed by atoms with E-state index in [1.807, 2.05) is 0 Å². The average Bonchev–Trinajstić information content (AvgIpc) is 2.85. The first kappa shape index (κ1) is 22.3. The molecule has 1 amide bonds. The molecule has 0 unspecified atom stereocenters. The molecule has 1 saturated heterocycles. The molecule has 0 saturated carbocycles. The standard InChI is InChI=1S/C24H26FN5O4/c25-17-3-1-15(2-4-17)13-16-14-28-19-20-22(16)34-12-11-30(20)24(33)18(21(19)31)23(32)27-7-10-29-8-5-26-6-9-29/h1-4,14,26,31H,5-13H2,(H,27,32). The molecule has 0 bridgehead atoms. The molecule has 3 aromatic rings. The van der Waals surface area contributed by atoms with Crippen LogP contribution in [0.1, 0.15) is 21.5 Å². The second kappa shape index (κ2) is 9.40. The first-order valence-electron chi connectivity index (χ1n) is 11.4. The van der Waals surface area contributed by atoms with Gasteiger partial charge in [0, 0.05) is 57.4 Å². The second-order valence-corrected chi connectivity index (χ2v) is 8.49. The topological polar surface area (TPSA) is 109 Å². The van der Waals surface area contributed by atoms with Crippen molar-refractivity contribution in [3.05, 3.63) is 63.3 Å². The second-order valence-electron chi connectivity index (χ2n) is 8.49. The number of aromatic nitrogens is 2. The molecule has 0 atom stereocenters. The van der Waals surface area contributed by atoms with E-state index in [0.29, 0.717) is 36.3 Å². The van der Waals surface area contributed by atoms with Crippen LogP contribution in [0.4, 0.5) is 4.39 Å². The molecule has 0 spiro atoms. The molecule has 34 heavy (non-hydrogen) atoms. The Morgan fingerprint density at radius 2 is 1.97 bits per heavy atom. The van der Waals surface area contributed by atoms with Gasteiger partial charge in [0.2, 0.25) is 0 Å². The number of pyridine rings is 2. The molecule has 178 valence electrons. The number of rotatable bonds is 6. The van der Waals surface area contributed by atoms with Crippen molar-refractivity contribution in [3.8, 4) is 11.5 Å². The van der Waals surface area contributed by atoms with Crippen LogP contribution in [0.15, 0.2) is 35.3 Å². The highest BCUT2D eigenvalue weighted by atomic mass is 19.1. The van der Waals surface area contributed by atoms with Gasteiger partial charge in [-0.25, -0.2) is 4.39 Å². The summed E-state index contributed by atoms with van der Waals surface area (Å²) in [6, 6.07) is 6.11. The van der Waals surface area contributed by atoms with Crippen molar-refractivity contribution in [2.24, 2.45) is 0 Å². The Bertz CT molecular complexity index is 1290. The lowest BCUT2D eigenvalue weighted by atomic mass is 10.0. The Labute approximate surface area is 195 Å². The minimum atomic E-state index is -0.617. The third-order valence-electron chi connectivity index (χ3n) is 6.29. The van der Waals surface area contributed by atoms with Crippen LogP contribution in [0.2, 0.25) is 0 Å². The van der Waals surface area contributed by atoms with E-state index < -0.39 is 17.2 Å². The lowest BCUT2D eigenvalue weighted by Gasteiger charge is -2.27. The monoisotopic (exact) mass is 467 g/mol. The summed E-state index contributed by atoms with van der Waals surface area (Å²) >= 11 is 0. The number of nitrogens with one attached hydrogen (secondary N) is 2. The molecule has 10 heteroatoms. The fourth-order valence-corrected chi connectivity index (χ4v) is 4.52. The van der Waals surface area contributed by atoms with Gasteiger partial charge in [0.15, 0.2) is 11.5 Å². The van der Waals surface area contributed by atoms with Gasteiger partial charge in [-0.15, -0.1) is 0 Å². The minimum Gasteiger partial charge on any atom is -0.505 e. The lowest BCUT2D eigenvalue weighted by molar-refractivity contribution is 0.0942. The number of halogens is 1. The maximum Gasteiger partial charge on any atom is 0.268 e. The average molecular weight is 468 g/mol. The van der Waals surface area contributed by atoms with E-state index in [9.17, 15) is 19.1 Å². The van der Waals surface area contributed by atoms with Crippen molar-refractivity contribution < 1.29 is 19.0 Å². The number of aromatic hydroxyl groups is 1. The van der Waals surface area contributed by atoms with Gasteiger partial charge in [0.05, 0.1) is 6.54 Å². The van der Waals surface area contributed by atoms with Gasteiger partial charge in [-0.05, 0) is 17.7 Å². The number of hydrogen-bond donors (Lipinski definition) is 3. The number of carbonyl (C=O) groups excluding carboxylic acids is 1. The molecule has 1 fully saturated rings. The summed E-state index contributed by atoms with van der Waals surface area (Å²) in [5, 5.41) is 16.9. The van der Waals surface area contributed by atoms with E-state index in [2.05, 4.69) is 20.5 Å². The maximum atomic E-state index is 13.3. The van der Waals surface area contributed by atoms with E-state index in [-0.39, 0.29) is 30.0 Å². The minimum absolute atomic E-state index is 0.143. The zero-order valence-electron chi connectivity index (χ0n) is 18.6. The molecular formula is C24H26FN5O4. The highest BCUT2D eigenvalue weighted by Crippen LogP contribution is 2.36. The predicted octanol–water partition coefficient (Wildman–Crippen LogP) is 0.859. The van der Waals surface area contributed by atoms with E-state index >= 15 is 0 Å². The van der Waals surface area contributed by atoms with Crippen LogP contribution in [0.5, 0.6) is 11.5 Å². The number of nitrogens with zero attached hydrogens (tertiary/aromatic N) is 3. The van der Waals surface area contributed by atoms with Gasteiger partial charge in [-0.3, -0.25) is 24.0 Å². The number of carbonyl (C=O) groups is 1. The van der Waals surface area contributed by atoms with Crippen LogP contribution in [0, 0.1) is 5.82 Å². The van der Waals surface area contributed by atoms with Gasteiger partial charge in [-0.2, -0.15) is 0 Å². The maximum absolute atomic E-state index is 13.3. The summed E-state index contributed by atoms with van der Waals surface area (Å²) in [5.41, 5.74) is 1.19. The van der Waals surface area contributed by atoms with Crippen molar-refractivity contribution in [2.75, 3.05) is 45.9 Å². The van der Waals surface area contributed by atoms with Crippen LogP contribution in [0.25, 0.3) is 11.0 Å². The number of hydrogen-bond acceptors (Lipinski definition) is 7. The Morgan fingerprint density at radius 3 is 2.74 bits per heavy atom. The first-order valence-corrected chi connectivity index (χ1v) is 11.4. The van der Waals surface area contributed by atoms with Crippen molar-refractivity contribution in [3.63, 3.8) is 0 Å². The highest BCUT2D eigenvalue weighted by molar-refractivity contribution is 6.02. The summed E-state index contributed by atoms with van der Waals surface area (Å²) in [4.78, 5) is 32.7. The van der Waals surface area contributed by atoms with E-state index in [4.69, 9.17) is 4.74 Å². The molecule has 9 nitrogen and oxygen atoms in total. The summed E-state index contributed by atoms with van der Waals surface area (Å²) in [7, 11) is 0. The summed E-state index contributed by atoms with van der Waals surface area (Å²) in [6.07, 6.45) is 1.98. The van der Waals surface area contributed by atoms with Crippen LogP contribution in [-0.2, 0) is 13.0 Å². The molecule has 2 aliphatic heterocycles. The Morgan fingerprint density at radius 1 is 1.21 bits per heavy atom. The zero-order valence-corrected chi connectivity index (χ0v) is 18.6. The molecular weight excluding hydrogens is 441 g/mol. The van der Waals surface area contributed by atoms with Crippen molar-refractivity contribution in [1.29, 1.82) is 0 Å². The Kier molecular flexibility index (Phi) is 6.16. The molecule has 5 rings (SSSR count). The fraction of sp³-hybridized carbons (Fsp3) is 0.375. The molecule has 0 radical (unpaired) electrons. The molecule has 4 heterocycles. The lowest BCUT2D eigenvalue weighted by Crippen LogP contribution is -2.46. The van der Waals surface area contributed by atoms with Gasteiger partial charge in [-0.1, -0.05) is 12.1 Å². The van der Waals surface area contributed by atoms with Crippen LogP contribution in [-0.4, -0.2) is 71.3 Å². The molecule has 2 aliphatic rings. The van der Waals surface area contributed by atoms with Gasteiger partial charge >= 0.3 is 0 Å². The van der Waals surface area contributed by atoms with Crippen LogP contribution in [0.3, 0.4) is 0 Å². The Balaban J connectivity index is 1.45. The van der Waals surface area contributed by atoms with Gasteiger partial charge < -0.3 is 20.5 Å². The normalized spacial score (nSPS) is 15.8. The largest absolute Gasteiger partial charge is 0.505 e. The van der Waals surface area contributed by atoms with Crippen LogP contribution >= 0.6 is 0 Å². The number of ether oxygens (including phenoxy) is 1. The highest BCUT2D eigenvalue weighted by Gasteiger charge is 2.28. The van der Waals surface area contributed by atoms with Crippen molar-refractivity contribution in [2.45, 2.75) is 13.0 Å². The third-order valence-corrected chi connectivity index (χ3v) is 6.29. The Hall–Kier alpha value is -3.50. The quantitative estimate of drug-likeness (QED) is 0.493. The smallest absolute Gasteiger partial charge is 0.268 e. The first-order chi connectivity index (χ1) is 16.5. The SMILES string of the molecule is O=C(NCCN1CCNCC1)c1c(O)c2ncc(Cc3ccc(F)cc3)c3c2n(c1=O)CCO3. The summed E-state index contributed by atoms with van der Waals surface area (Å²) < 4.78 is 20.6. The zero-order chi connectivity index (χ0) is 23.7.